The van der Waals surface area contributed by atoms with E-state index in [0.29, 0.717) is 31.2 Å². The molecular weight excluding hydrogens is 272 g/mol. The second-order valence-electron chi connectivity index (χ2n) is 5.13. The molecule has 0 aliphatic carbocycles. The van der Waals surface area contributed by atoms with Gasteiger partial charge in [-0.3, -0.25) is 4.79 Å². The van der Waals surface area contributed by atoms with E-state index < -0.39 is 0 Å². The van der Waals surface area contributed by atoms with E-state index >= 15 is 0 Å². The monoisotopic (exact) mass is 290 g/mol. The van der Waals surface area contributed by atoms with E-state index in [2.05, 4.69) is 0 Å². The Morgan fingerprint density at radius 2 is 2.05 bits per heavy atom. The van der Waals surface area contributed by atoms with Gasteiger partial charge >= 0.3 is 6.03 Å². The number of rotatable bonds is 3. The van der Waals surface area contributed by atoms with Crippen LogP contribution >= 0.6 is 0 Å². The summed E-state index contributed by atoms with van der Waals surface area (Å²) in [4.78, 5) is 28.3. The highest BCUT2D eigenvalue weighted by molar-refractivity contribution is 6.17. The zero-order valence-electron chi connectivity index (χ0n) is 12.1. The number of hydrogen-bond donors (Lipinski definition) is 0. The summed E-state index contributed by atoms with van der Waals surface area (Å²) in [6.45, 7) is 3.24. The zero-order chi connectivity index (χ0) is 15.0. The van der Waals surface area contributed by atoms with Crippen LogP contribution in [0.15, 0.2) is 24.3 Å². The maximum Gasteiger partial charge on any atom is 0.331 e. The van der Waals surface area contributed by atoms with Gasteiger partial charge in [-0.05, 0) is 19.1 Å². The van der Waals surface area contributed by atoms with Crippen molar-refractivity contribution < 1.29 is 19.1 Å². The van der Waals surface area contributed by atoms with Gasteiger partial charge in [0.1, 0.15) is 5.75 Å². The first-order valence-electron chi connectivity index (χ1n) is 7.04. The van der Waals surface area contributed by atoms with Crippen LogP contribution in [0.4, 0.5) is 10.5 Å². The normalized spacial score (nSPS) is 25.2. The van der Waals surface area contributed by atoms with Crippen molar-refractivity contribution in [2.45, 2.75) is 13.0 Å². The third-order valence-electron chi connectivity index (χ3n) is 4.09. The molecule has 0 saturated carbocycles. The van der Waals surface area contributed by atoms with Crippen LogP contribution in [0.5, 0.6) is 5.75 Å². The molecular formula is C15H18N2O4. The fourth-order valence-corrected chi connectivity index (χ4v) is 3.02. The molecule has 6 heteroatoms. The van der Waals surface area contributed by atoms with Crippen LogP contribution < -0.4 is 9.64 Å². The molecule has 1 aromatic rings. The largest absolute Gasteiger partial charge is 0.495 e. The highest BCUT2D eigenvalue weighted by atomic mass is 16.5. The van der Waals surface area contributed by atoms with Gasteiger partial charge in [0.2, 0.25) is 5.91 Å². The molecule has 0 bridgehead atoms. The van der Waals surface area contributed by atoms with Crippen LogP contribution in [0.3, 0.4) is 0 Å². The average Bonchev–Trinajstić information content (AvgIpc) is 2.98. The van der Waals surface area contributed by atoms with Gasteiger partial charge in [0.15, 0.2) is 0 Å². The van der Waals surface area contributed by atoms with Crippen LogP contribution in [0, 0.1) is 5.92 Å². The first kappa shape index (κ1) is 13.9. The molecule has 0 aromatic heterocycles. The number of carbonyl (C=O) groups is 2. The number of imide groups is 1. The van der Waals surface area contributed by atoms with Crippen LogP contribution in [-0.2, 0) is 9.53 Å². The molecule has 1 aromatic carbocycles. The Labute approximate surface area is 123 Å². The maximum atomic E-state index is 12.7. The van der Waals surface area contributed by atoms with E-state index in [0.717, 1.165) is 0 Å². The third kappa shape index (κ3) is 2.06. The summed E-state index contributed by atoms with van der Waals surface area (Å²) in [5.74, 6) is -0.00289. The van der Waals surface area contributed by atoms with Crippen molar-refractivity contribution in [3.63, 3.8) is 0 Å². The number of hydrogen-bond acceptors (Lipinski definition) is 4. The molecule has 2 fully saturated rings. The molecule has 0 radical (unpaired) electrons. The zero-order valence-corrected chi connectivity index (χ0v) is 12.1. The molecule has 21 heavy (non-hydrogen) atoms. The minimum absolute atomic E-state index is 0.152. The lowest BCUT2D eigenvalue weighted by Gasteiger charge is -2.40. The minimum atomic E-state index is -0.307. The van der Waals surface area contributed by atoms with Crippen molar-refractivity contribution in [1.29, 1.82) is 0 Å². The van der Waals surface area contributed by atoms with Crippen molar-refractivity contribution in [2.24, 2.45) is 5.92 Å². The number of methoxy groups -OCH3 is 1. The molecule has 6 nitrogen and oxygen atoms in total. The Balaban J connectivity index is 2.04. The number of anilines is 1. The highest BCUT2D eigenvalue weighted by Crippen LogP contribution is 2.35. The lowest BCUT2D eigenvalue weighted by molar-refractivity contribution is -0.124. The summed E-state index contributed by atoms with van der Waals surface area (Å²) in [7, 11) is 1.52. The molecule has 2 atom stereocenters. The Kier molecular flexibility index (Phi) is 3.55. The summed E-state index contributed by atoms with van der Waals surface area (Å²) >= 11 is 0. The number of likely N-dealkylation sites (N-methyl/N-ethyl adjacent to an activating group) is 1. The second-order valence-corrected chi connectivity index (χ2v) is 5.13. The summed E-state index contributed by atoms with van der Waals surface area (Å²) in [6, 6.07) is 6.59. The number of fused-ring (bicyclic) bond motifs is 1. The number of benzene rings is 1. The van der Waals surface area contributed by atoms with E-state index in [9.17, 15) is 9.59 Å². The molecule has 0 spiro atoms. The predicted octanol–water partition coefficient (Wildman–Crippen LogP) is 1.50. The van der Waals surface area contributed by atoms with E-state index in [1.165, 1.54) is 12.0 Å². The van der Waals surface area contributed by atoms with Gasteiger partial charge in [-0.2, -0.15) is 0 Å². The Morgan fingerprint density at radius 3 is 2.76 bits per heavy atom. The van der Waals surface area contributed by atoms with Crippen molar-refractivity contribution in [3.05, 3.63) is 24.3 Å². The Bertz CT molecular complexity index is 575. The molecule has 112 valence electrons. The fourth-order valence-electron chi connectivity index (χ4n) is 3.02. The number of urea groups is 1. The first-order chi connectivity index (χ1) is 10.2. The standard InChI is InChI=1S/C15H18N2O4/c1-3-16-12-9-21-8-10(12)14(18)17(15(16)19)11-6-4-5-7-13(11)20-2/h4-7,10,12H,3,8-9H2,1-2H3. The van der Waals surface area contributed by atoms with Gasteiger partial charge in [0, 0.05) is 6.54 Å². The van der Waals surface area contributed by atoms with Crippen molar-refractivity contribution >= 4 is 17.6 Å². The summed E-state index contributed by atoms with van der Waals surface area (Å²) in [5.41, 5.74) is 0.485. The quantitative estimate of drug-likeness (QED) is 0.846. The van der Waals surface area contributed by atoms with Crippen molar-refractivity contribution in [1.82, 2.24) is 4.90 Å². The van der Waals surface area contributed by atoms with Gasteiger partial charge in [0.05, 0.1) is 38.0 Å². The molecule has 2 aliphatic rings. The maximum absolute atomic E-state index is 12.7. The summed E-state index contributed by atoms with van der Waals surface area (Å²) in [6.07, 6.45) is 0. The van der Waals surface area contributed by atoms with E-state index in [1.807, 2.05) is 6.92 Å². The first-order valence-corrected chi connectivity index (χ1v) is 7.04. The third-order valence-corrected chi connectivity index (χ3v) is 4.09. The summed E-state index contributed by atoms with van der Waals surface area (Å²) in [5, 5.41) is 0. The highest BCUT2D eigenvalue weighted by Gasteiger charge is 2.49. The molecule has 0 N–H and O–H groups in total. The van der Waals surface area contributed by atoms with Crippen LogP contribution in [-0.4, -0.2) is 49.7 Å². The molecule has 3 rings (SSSR count). The van der Waals surface area contributed by atoms with Gasteiger partial charge in [-0.1, -0.05) is 12.1 Å². The lowest BCUT2D eigenvalue weighted by Crippen LogP contribution is -2.61. The van der Waals surface area contributed by atoms with Gasteiger partial charge < -0.3 is 14.4 Å². The Morgan fingerprint density at radius 1 is 1.29 bits per heavy atom. The Hall–Kier alpha value is -2.08. The molecule has 2 heterocycles. The van der Waals surface area contributed by atoms with Crippen LogP contribution in [0.1, 0.15) is 6.92 Å². The van der Waals surface area contributed by atoms with E-state index in [4.69, 9.17) is 9.47 Å². The van der Waals surface area contributed by atoms with Crippen molar-refractivity contribution in [3.8, 4) is 5.75 Å². The average molecular weight is 290 g/mol. The number of nitrogens with zero attached hydrogens (tertiary/aromatic N) is 2. The number of carbonyl (C=O) groups excluding carboxylic acids is 2. The minimum Gasteiger partial charge on any atom is -0.495 e. The molecule has 3 amide bonds. The lowest BCUT2D eigenvalue weighted by atomic mass is 9.97. The van der Waals surface area contributed by atoms with Crippen LogP contribution in [0.25, 0.3) is 0 Å². The second kappa shape index (κ2) is 5.37. The SMILES string of the molecule is CCN1C(=O)N(c2ccccc2OC)C(=O)C2COCC21. The predicted molar refractivity (Wildman–Crippen MR) is 76.4 cm³/mol. The smallest absolute Gasteiger partial charge is 0.331 e. The molecule has 2 unspecified atom stereocenters. The van der Waals surface area contributed by atoms with Gasteiger partial charge in [0.25, 0.3) is 0 Å². The molecule has 2 saturated heterocycles. The van der Waals surface area contributed by atoms with E-state index in [-0.39, 0.29) is 23.9 Å². The number of para-hydroxylation sites is 2. The molecule has 2 aliphatic heterocycles. The number of amides is 3. The topological polar surface area (TPSA) is 59.1 Å². The summed E-state index contributed by atoms with van der Waals surface area (Å²) < 4.78 is 10.7. The van der Waals surface area contributed by atoms with Crippen LogP contribution in [0.2, 0.25) is 0 Å². The number of ether oxygens (including phenoxy) is 2. The fraction of sp³-hybridized carbons (Fsp3) is 0.467. The van der Waals surface area contributed by atoms with Gasteiger partial charge in [-0.25, -0.2) is 9.69 Å². The van der Waals surface area contributed by atoms with Crippen molar-refractivity contribution in [2.75, 3.05) is 31.8 Å². The van der Waals surface area contributed by atoms with E-state index in [1.54, 1.807) is 29.2 Å². The van der Waals surface area contributed by atoms with Gasteiger partial charge in [-0.15, -0.1) is 0 Å².